The second-order valence-corrected chi connectivity index (χ2v) is 6.60. The molecule has 8 nitrogen and oxygen atoms in total. The van der Waals surface area contributed by atoms with Gasteiger partial charge in [-0.15, -0.1) is 5.10 Å². The summed E-state index contributed by atoms with van der Waals surface area (Å²) in [6.45, 7) is 5.67. The number of rotatable bonds is 7. The van der Waals surface area contributed by atoms with Crippen molar-refractivity contribution in [1.29, 1.82) is 0 Å². The summed E-state index contributed by atoms with van der Waals surface area (Å²) in [5.41, 5.74) is 1.38. The highest BCUT2D eigenvalue weighted by atomic mass is 16.5. The van der Waals surface area contributed by atoms with Crippen molar-refractivity contribution in [3.8, 4) is 5.75 Å². The molecule has 1 aliphatic heterocycles. The van der Waals surface area contributed by atoms with Crippen molar-refractivity contribution in [3.05, 3.63) is 41.7 Å². The summed E-state index contributed by atoms with van der Waals surface area (Å²) in [7, 11) is 1.72. The summed E-state index contributed by atoms with van der Waals surface area (Å²) in [6.07, 6.45) is 2.22. The van der Waals surface area contributed by atoms with E-state index in [4.69, 9.17) is 4.74 Å². The first kappa shape index (κ1) is 18.9. The molecule has 2 heterocycles. The van der Waals surface area contributed by atoms with Crippen LogP contribution in [-0.2, 0) is 17.8 Å². The molecule has 27 heavy (non-hydrogen) atoms. The number of hydrogen-bond acceptors (Lipinski definition) is 5. The third-order valence-electron chi connectivity index (χ3n) is 4.71. The van der Waals surface area contributed by atoms with Gasteiger partial charge < -0.3 is 14.5 Å². The molecule has 1 atom stereocenters. The first-order valence-corrected chi connectivity index (χ1v) is 9.19. The Bertz CT molecular complexity index is 790. The van der Waals surface area contributed by atoms with E-state index in [2.05, 4.69) is 10.3 Å². The van der Waals surface area contributed by atoms with Gasteiger partial charge in [0, 0.05) is 26.6 Å². The van der Waals surface area contributed by atoms with Crippen LogP contribution in [0.5, 0.6) is 5.75 Å². The van der Waals surface area contributed by atoms with Crippen LogP contribution >= 0.6 is 0 Å². The molecule has 2 amide bonds. The van der Waals surface area contributed by atoms with Crippen molar-refractivity contribution in [2.75, 3.05) is 26.7 Å². The van der Waals surface area contributed by atoms with Gasteiger partial charge in [-0.3, -0.25) is 9.59 Å². The minimum Gasteiger partial charge on any atom is -0.488 e. The van der Waals surface area contributed by atoms with Crippen LogP contribution in [0, 0.1) is 0 Å². The third kappa shape index (κ3) is 4.27. The van der Waals surface area contributed by atoms with E-state index < -0.39 is 0 Å². The van der Waals surface area contributed by atoms with Crippen LogP contribution in [0.4, 0.5) is 0 Å². The van der Waals surface area contributed by atoms with Crippen LogP contribution in [0.2, 0.25) is 0 Å². The topological polar surface area (TPSA) is 80.6 Å². The Morgan fingerprint density at radius 3 is 2.70 bits per heavy atom. The highest BCUT2D eigenvalue weighted by molar-refractivity contribution is 5.91. The highest BCUT2D eigenvalue weighted by Gasteiger charge is 2.26. The maximum Gasteiger partial charge on any atom is 0.275 e. The lowest BCUT2D eigenvalue weighted by molar-refractivity contribution is -0.131. The minimum atomic E-state index is -0.240. The zero-order valence-electron chi connectivity index (χ0n) is 16.0. The van der Waals surface area contributed by atoms with E-state index in [1.165, 1.54) is 10.9 Å². The fourth-order valence-corrected chi connectivity index (χ4v) is 3.23. The Balaban J connectivity index is 1.57. The molecule has 0 fully saturated rings. The monoisotopic (exact) mass is 371 g/mol. The largest absolute Gasteiger partial charge is 0.488 e. The van der Waals surface area contributed by atoms with E-state index in [0.29, 0.717) is 19.6 Å². The van der Waals surface area contributed by atoms with Gasteiger partial charge in [-0.05, 0) is 25.5 Å². The summed E-state index contributed by atoms with van der Waals surface area (Å²) in [5.74, 6) is 0.592. The Morgan fingerprint density at radius 1 is 1.26 bits per heavy atom. The number of benzene rings is 1. The zero-order valence-corrected chi connectivity index (χ0v) is 16.0. The van der Waals surface area contributed by atoms with Gasteiger partial charge in [0.2, 0.25) is 5.91 Å². The molecule has 0 spiro atoms. The molecule has 0 saturated carbocycles. The van der Waals surface area contributed by atoms with Gasteiger partial charge >= 0.3 is 0 Å². The number of para-hydroxylation sites is 1. The van der Waals surface area contributed by atoms with Crippen LogP contribution in [0.25, 0.3) is 0 Å². The quantitative estimate of drug-likeness (QED) is 0.731. The van der Waals surface area contributed by atoms with E-state index in [-0.39, 0.29) is 30.2 Å². The molecule has 1 aromatic heterocycles. The van der Waals surface area contributed by atoms with Gasteiger partial charge in [-0.1, -0.05) is 23.4 Å². The fraction of sp³-hybridized carbons (Fsp3) is 0.474. The van der Waals surface area contributed by atoms with Gasteiger partial charge in [-0.2, -0.15) is 0 Å². The molecule has 0 aliphatic carbocycles. The van der Waals surface area contributed by atoms with Gasteiger partial charge in [-0.25, -0.2) is 4.68 Å². The molecule has 0 N–H and O–H groups in total. The van der Waals surface area contributed by atoms with Crippen molar-refractivity contribution >= 4 is 11.8 Å². The standard InChI is InChI=1S/C19H25N5O3/c1-4-23(5-2)18(25)13-24-12-16(20-21-24)19(26)22(3)11-15-10-14-8-6-7-9-17(14)27-15/h6-9,12,15H,4-5,10-11,13H2,1-3H3. The van der Waals surface area contributed by atoms with Crippen LogP contribution in [0.1, 0.15) is 29.9 Å². The van der Waals surface area contributed by atoms with E-state index in [9.17, 15) is 9.59 Å². The average molecular weight is 371 g/mol. The minimum absolute atomic E-state index is 0.0469. The van der Waals surface area contributed by atoms with Gasteiger partial charge in [0.25, 0.3) is 5.91 Å². The van der Waals surface area contributed by atoms with Gasteiger partial charge in [0.1, 0.15) is 18.4 Å². The number of nitrogens with zero attached hydrogens (tertiary/aromatic N) is 5. The maximum atomic E-state index is 12.6. The van der Waals surface area contributed by atoms with Crippen LogP contribution < -0.4 is 4.74 Å². The van der Waals surface area contributed by atoms with Crippen molar-refractivity contribution in [2.45, 2.75) is 32.9 Å². The van der Waals surface area contributed by atoms with E-state index in [1.807, 2.05) is 38.1 Å². The first-order chi connectivity index (χ1) is 13.0. The van der Waals surface area contributed by atoms with E-state index in [1.54, 1.807) is 16.8 Å². The number of fused-ring (bicyclic) bond motifs is 1. The van der Waals surface area contributed by atoms with E-state index in [0.717, 1.165) is 17.7 Å². The molecular weight excluding hydrogens is 346 g/mol. The molecule has 3 rings (SSSR count). The number of carbonyl (C=O) groups is 2. The number of aromatic nitrogens is 3. The zero-order chi connectivity index (χ0) is 19.4. The highest BCUT2D eigenvalue weighted by Crippen LogP contribution is 2.28. The number of amides is 2. The molecule has 8 heteroatoms. The van der Waals surface area contributed by atoms with Crippen molar-refractivity contribution in [3.63, 3.8) is 0 Å². The first-order valence-electron chi connectivity index (χ1n) is 9.19. The SMILES string of the molecule is CCN(CC)C(=O)Cn1cc(C(=O)N(C)CC2Cc3ccccc3O2)nn1. The molecule has 2 aromatic rings. The lowest BCUT2D eigenvalue weighted by Crippen LogP contribution is -2.36. The second kappa shape index (κ2) is 8.20. The van der Waals surface area contributed by atoms with Crippen LogP contribution in [0.3, 0.4) is 0 Å². The fourth-order valence-electron chi connectivity index (χ4n) is 3.23. The number of hydrogen-bond donors (Lipinski definition) is 0. The third-order valence-corrected chi connectivity index (χ3v) is 4.71. The Hall–Kier alpha value is -2.90. The van der Waals surface area contributed by atoms with Crippen LogP contribution in [-0.4, -0.2) is 69.4 Å². The molecular formula is C19H25N5O3. The van der Waals surface area contributed by atoms with Crippen molar-refractivity contribution in [2.24, 2.45) is 0 Å². The van der Waals surface area contributed by atoms with Gasteiger partial charge in [0.15, 0.2) is 5.69 Å². The molecule has 0 radical (unpaired) electrons. The Morgan fingerprint density at radius 2 is 2.00 bits per heavy atom. The molecule has 1 aliphatic rings. The molecule has 1 unspecified atom stereocenters. The smallest absolute Gasteiger partial charge is 0.275 e. The lowest BCUT2D eigenvalue weighted by atomic mass is 10.1. The molecule has 0 bridgehead atoms. The molecule has 1 aromatic carbocycles. The summed E-state index contributed by atoms with van der Waals surface area (Å²) >= 11 is 0. The number of ether oxygens (including phenoxy) is 1. The predicted octanol–water partition coefficient (Wildman–Crippen LogP) is 1.22. The lowest BCUT2D eigenvalue weighted by Gasteiger charge is -2.20. The summed E-state index contributed by atoms with van der Waals surface area (Å²) in [6, 6.07) is 7.90. The molecule has 0 saturated heterocycles. The van der Waals surface area contributed by atoms with Crippen LogP contribution in [0.15, 0.2) is 30.5 Å². The maximum absolute atomic E-state index is 12.6. The Labute approximate surface area is 158 Å². The molecule has 144 valence electrons. The second-order valence-electron chi connectivity index (χ2n) is 6.60. The summed E-state index contributed by atoms with van der Waals surface area (Å²) in [5, 5.41) is 7.84. The number of likely N-dealkylation sites (N-methyl/N-ethyl adjacent to an activating group) is 2. The predicted molar refractivity (Wildman–Crippen MR) is 99.5 cm³/mol. The summed E-state index contributed by atoms with van der Waals surface area (Å²) < 4.78 is 7.29. The average Bonchev–Trinajstić information content (AvgIpc) is 3.28. The van der Waals surface area contributed by atoms with E-state index >= 15 is 0 Å². The van der Waals surface area contributed by atoms with Crippen molar-refractivity contribution < 1.29 is 14.3 Å². The normalized spacial score (nSPS) is 15.1. The van der Waals surface area contributed by atoms with Crippen molar-refractivity contribution in [1.82, 2.24) is 24.8 Å². The number of carbonyl (C=O) groups excluding carboxylic acids is 2. The summed E-state index contributed by atoms with van der Waals surface area (Å²) in [4.78, 5) is 28.1. The van der Waals surface area contributed by atoms with Gasteiger partial charge in [0.05, 0.1) is 12.7 Å². The Kier molecular flexibility index (Phi) is 5.73.